The van der Waals surface area contributed by atoms with Gasteiger partial charge in [0.2, 0.25) is 0 Å². The van der Waals surface area contributed by atoms with Crippen molar-refractivity contribution in [2.45, 2.75) is 18.0 Å². The molecule has 41 heavy (non-hydrogen) atoms. The van der Waals surface area contributed by atoms with E-state index in [1.807, 2.05) is 65.6 Å². The van der Waals surface area contributed by atoms with Gasteiger partial charge < -0.3 is 14.4 Å². The lowest BCUT2D eigenvalue weighted by Gasteiger charge is -2.37. The molecule has 2 aliphatic heterocycles. The normalized spacial score (nSPS) is 21.4. The number of para-hydroxylation sites is 1. The maximum Gasteiger partial charge on any atom is 0.185 e. The van der Waals surface area contributed by atoms with Gasteiger partial charge in [-0.25, -0.2) is 0 Å². The highest BCUT2D eigenvalue weighted by atomic mass is 16.5. The van der Waals surface area contributed by atoms with Gasteiger partial charge in [0.25, 0.3) is 0 Å². The molecule has 202 valence electrons. The monoisotopic (exact) mass is 541 g/mol. The zero-order valence-electron chi connectivity index (χ0n) is 22.6. The van der Waals surface area contributed by atoms with E-state index in [-0.39, 0.29) is 17.3 Å². The Kier molecular flexibility index (Phi) is 5.68. The second-order valence-electron chi connectivity index (χ2n) is 10.6. The number of fused-ring (bicyclic) bond motifs is 5. The summed E-state index contributed by atoms with van der Waals surface area (Å²) in [5, 5.41) is 0. The summed E-state index contributed by atoms with van der Waals surface area (Å²) >= 11 is 0. The van der Waals surface area contributed by atoms with Crippen LogP contribution in [0.1, 0.15) is 48.1 Å². The Hall–Kier alpha value is -4.97. The van der Waals surface area contributed by atoms with Crippen LogP contribution >= 0.6 is 0 Å². The Morgan fingerprint density at radius 2 is 1.39 bits per heavy atom. The molecule has 4 aromatic carbocycles. The van der Waals surface area contributed by atoms with E-state index in [0.29, 0.717) is 33.8 Å². The summed E-state index contributed by atoms with van der Waals surface area (Å²) in [5.41, 5.74) is 2.13. The Balaban J connectivity index is 1.56. The number of methoxy groups -OCH3 is 2. The molecule has 1 spiro atoms. The van der Waals surface area contributed by atoms with Crippen molar-refractivity contribution in [3.63, 3.8) is 0 Å². The van der Waals surface area contributed by atoms with Crippen LogP contribution in [0.15, 0.2) is 103 Å². The number of hydrogen-bond donors (Lipinski definition) is 0. The molecule has 0 saturated carbocycles. The van der Waals surface area contributed by atoms with Crippen molar-refractivity contribution in [1.29, 1.82) is 0 Å². The summed E-state index contributed by atoms with van der Waals surface area (Å²) < 4.78 is 11.2. The molecule has 7 rings (SSSR count). The van der Waals surface area contributed by atoms with Crippen molar-refractivity contribution < 1.29 is 23.9 Å². The van der Waals surface area contributed by atoms with Crippen LogP contribution in [-0.2, 0) is 0 Å². The smallest absolute Gasteiger partial charge is 0.185 e. The second-order valence-corrected chi connectivity index (χ2v) is 10.6. The molecule has 6 heteroatoms. The molecular formula is C35H27NO5. The number of anilines is 1. The Labute approximate surface area is 237 Å². The molecule has 3 atom stereocenters. The number of hydrogen-bond acceptors (Lipinski definition) is 6. The molecule has 1 fully saturated rings. The second kappa shape index (κ2) is 9.30. The fourth-order valence-electron chi connectivity index (χ4n) is 7.11. The predicted molar refractivity (Wildman–Crippen MR) is 156 cm³/mol. The average molecular weight is 542 g/mol. The third-order valence-electron chi connectivity index (χ3n) is 8.81. The zero-order valence-corrected chi connectivity index (χ0v) is 22.6. The van der Waals surface area contributed by atoms with Crippen molar-refractivity contribution >= 4 is 29.1 Å². The molecule has 0 aromatic heterocycles. The molecule has 2 heterocycles. The minimum absolute atomic E-state index is 0.158. The number of ether oxygens (including phenoxy) is 2. The maximum absolute atomic E-state index is 14.7. The van der Waals surface area contributed by atoms with Gasteiger partial charge >= 0.3 is 0 Å². The van der Waals surface area contributed by atoms with E-state index >= 15 is 0 Å². The first kappa shape index (κ1) is 25.0. The number of nitrogens with zero attached hydrogens (tertiary/aromatic N) is 1. The largest absolute Gasteiger partial charge is 0.493 e. The van der Waals surface area contributed by atoms with Gasteiger partial charge in [-0.2, -0.15) is 0 Å². The number of rotatable bonds is 5. The van der Waals surface area contributed by atoms with E-state index in [9.17, 15) is 14.4 Å². The van der Waals surface area contributed by atoms with Gasteiger partial charge in [-0.1, -0.05) is 91.0 Å². The standard InChI is InChI=1S/C35H27NO5/c1-40-27-18-16-23(20-28(27)41-2)30-31(32(37)22-11-4-3-5-12-22)36-26-15-9-6-10-21(26)17-19-29(36)35(30)33(38)24-13-7-8-14-25(24)34(35)39/h3-20,29-31H,1-2H3/t29-,30+,31-/m0/s1. The van der Waals surface area contributed by atoms with Crippen molar-refractivity contribution in [1.82, 2.24) is 0 Å². The predicted octanol–water partition coefficient (Wildman–Crippen LogP) is 6.02. The third-order valence-corrected chi connectivity index (χ3v) is 8.81. The SMILES string of the molecule is COc1ccc([C@@H]2[C@@H](C(=O)c3ccccc3)N3c4ccccc4C=C[C@H]3C23C(=O)c2ccccc2C3=O)cc1OC. The first-order chi connectivity index (χ1) is 20.0. The van der Waals surface area contributed by atoms with Gasteiger partial charge in [0.05, 0.1) is 20.3 Å². The lowest BCUT2D eigenvalue weighted by atomic mass is 9.64. The van der Waals surface area contributed by atoms with E-state index in [1.165, 1.54) is 0 Å². The number of carbonyl (C=O) groups excluding carboxylic acids is 3. The van der Waals surface area contributed by atoms with Gasteiger partial charge in [-0.15, -0.1) is 0 Å². The Morgan fingerprint density at radius 1 is 0.756 bits per heavy atom. The van der Waals surface area contributed by atoms with Crippen LogP contribution in [0.2, 0.25) is 0 Å². The fourth-order valence-corrected chi connectivity index (χ4v) is 7.11. The van der Waals surface area contributed by atoms with Gasteiger partial charge in [-0.05, 0) is 29.3 Å². The first-order valence-electron chi connectivity index (χ1n) is 13.6. The van der Waals surface area contributed by atoms with Gasteiger partial charge in [0.15, 0.2) is 28.8 Å². The lowest BCUT2D eigenvalue weighted by molar-refractivity contribution is 0.0665. The van der Waals surface area contributed by atoms with Crippen molar-refractivity contribution in [3.05, 3.63) is 131 Å². The summed E-state index contributed by atoms with van der Waals surface area (Å²) in [4.78, 5) is 46.1. The minimum atomic E-state index is -1.57. The van der Waals surface area contributed by atoms with Crippen LogP contribution in [0.3, 0.4) is 0 Å². The quantitative estimate of drug-likeness (QED) is 0.227. The summed E-state index contributed by atoms with van der Waals surface area (Å²) in [6.07, 6.45) is 3.89. The number of ketones is 3. The van der Waals surface area contributed by atoms with Crippen molar-refractivity contribution in [3.8, 4) is 11.5 Å². The summed E-state index contributed by atoms with van der Waals surface area (Å²) in [6.45, 7) is 0. The Morgan fingerprint density at radius 3 is 2.07 bits per heavy atom. The van der Waals surface area contributed by atoms with Gasteiger partial charge in [0, 0.05) is 28.3 Å². The molecule has 0 radical (unpaired) electrons. The average Bonchev–Trinajstić information content (AvgIpc) is 3.47. The topological polar surface area (TPSA) is 72.9 Å². The van der Waals surface area contributed by atoms with Crippen molar-refractivity contribution in [2.24, 2.45) is 5.41 Å². The van der Waals surface area contributed by atoms with Gasteiger partial charge in [-0.3, -0.25) is 14.4 Å². The maximum atomic E-state index is 14.7. The van der Waals surface area contributed by atoms with Crippen LogP contribution in [0.25, 0.3) is 6.08 Å². The van der Waals surface area contributed by atoms with Crippen LogP contribution in [-0.4, -0.2) is 43.7 Å². The van der Waals surface area contributed by atoms with E-state index in [4.69, 9.17) is 9.47 Å². The van der Waals surface area contributed by atoms with E-state index in [2.05, 4.69) is 0 Å². The molecule has 4 aromatic rings. The molecule has 3 aliphatic rings. The molecule has 0 N–H and O–H groups in total. The zero-order chi connectivity index (χ0) is 28.3. The molecular weight excluding hydrogens is 514 g/mol. The highest BCUT2D eigenvalue weighted by Crippen LogP contribution is 2.61. The van der Waals surface area contributed by atoms with Crippen LogP contribution in [0.4, 0.5) is 5.69 Å². The number of carbonyl (C=O) groups is 3. The highest BCUT2D eigenvalue weighted by Gasteiger charge is 2.71. The molecule has 1 aliphatic carbocycles. The van der Waals surface area contributed by atoms with E-state index < -0.39 is 23.4 Å². The fraction of sp³-hybridized carbons (Fsp3) is 0.171. The van der Waals surface area contributed by atoms with E-state index in [1.54, 1.807) is 62.8 Å². The highest BCUT2D eigenvalue weighted by molar-refractivity contribution is 6.32. The molecule has 0 unspecified atom stereocenters. The van der Waals surface area contributed by atoms with Crippen LogP contribution < -0.4 is 14.4 Å². The summed E-state index contributed by atoms with van der Waals surface area (Å²) in [5.74, 6) is -0.524. The van der Waals surface area contributed by atoms with Crippen LogP contribution in [0.5, 0.6) is 11.5 Å². The number of Topliss-reactive ketones (excluding diaryl/α,β-unsaturated/α-hetero) is 3. The van der Waals surface area contributed by atoms with E-state index in [0.717, 1.165) is 11.3 Å². The number of benzene rings is 4. The first-order valence-corrected chi connectivity index (χ1v) is 13.6. The minimum Gasteiger partial charge on any atom is -0.493 e. The lowest BCUT2D eigenvalue weighted by Crippen LogP contribution is -2.48. The Bertz CT molecular complexity index is 1720. The third kappa shape index (κ3) is 3.34. The van der Waals surface area contributed by atoms with Crippen LogP contribution in [0, 0.1) is 5.41 Å². The molecule has 0 bridgehead atoms. The molecule has 6 nitrogen and oxygen atoms in total. The van der Waals surface area contributed by atoms with Crippen molar-refractivity contribution in [2.75, 3.05) is 19.1 Å². The summed E-state index contributed by atoms with van der Waals surface area (Å²) in [7, 11) is 3.10. The summed E-state index contributed by atoms with van der Waals surface area (Å²) in [6, 6.07) is 27.7. The van der Waals surface area contributed by atoms with Gasteiger partial charge in [0.1, 0.15) is 11.5 Å². The molecule has 1 saturated heterocycles. The molecule has 0 amide bonds.